The fraction of sp³-hybridized carbons (Fsp3) is 0.200. The summed E-state index contributed by atoms with van der Waals surface area (Å²) < 4.78 is 16.5. The molecule has 0 aliphatic rings. The van der Waals surface area contributed by atoms with Crippen LogP contribution in [0.25, 0.3) is 10.2 Å². The van der Waals surface area contributed by atoms with Crippen molar-refractivity contribution in [2.24, 2.45) is 4.99 Å². The van der Waals surface area contributed by atoms with Gasteiger partial charge in [0.1, 0.15) is 5.82 Å². The van der Waals surface area contributed by atoms with Crippen molar-refractivity contribution in [1.29, 1.82) is 0 Å². The minimum atomic E-state index is -0.377. The average molecular weight is 385 g/mol. The first kappa shape index (κ1) is 18.4. The summed E-state index contributed by atoms with van der Waals surface area (Å²) >= 11 is 2.98. The van der Waals surface area contributed by atoms with Crippen molar-refractivity contribution in [3.05, 3.63) is 58.6 Å². The summed E-state index contributed by atoms with van der Waals surface area (Å²) in [7, 11) is 0. The fourth-order valence-electron chi connectivity index (χ4n) is 2.51. The number of benzene rings is 2. The molecule has 2 aromatic carbocycles. The quantitative estimate of drug-likeness (QED) is 0.482. The van der Waals surface area contributed by atoms with Crippen molar-refractivity contribution < 1.29 is 9.18 Å². The van der Waals surface area contributed by atoms with Crippen LogP contribution in [0.15, 0.2) is 52.4 Å². The number of nitrogens with zero attached hydrogens (tertiary/aromatic N) is 2. The van der Waals surface area contributed by atoms with Crippen LogP contribution in [0.4, 0.5) is 4.39 Å². The predicted octanol–water partition coefficient (Wildman–Crippen LogP) is 4.72. The summed E-state index contributed by atoms with van der Waals surface area (Å²) in [4.78, 5) is 18.2. The number of carbonyl (C=O) groups is 1. The van der Waals surface area contributed by atoms with E-state index in [9.17, 15) is 9.18 Å². The predicted molar refractivity (Wildman–Crippen MR) is 106 cm³/mol. The van der Waals surface area contributed by atoms with Gasteiger partial charge in [0.15, 0.2) is 4.80 Å². The summed E-state index contributed by atoms with van der Waals surface area (Å²) in [5.41, 5.74) is 0.869. The Kier molecular flexibility index (Phi) is 5.60. The number of para-hydroxylation sites is 1. The van der Waals surface area contributed by atoms with Crippen molar-refractivity contribution in [2.75, 3.05) is 0 Å². The Morgan fingerprint density at radius 1 is 1.31 bits per heavy atom. The Hall–Kier alpha value is -2.36. The molecular weight excluding hydrogens is 367 g/mol. The lowest BCUT2D eigenvalue weighted by molar-refractivity contribution is 0.0998. The maximum absolute atomic E-state index is 14.2. The lowest BCUT2D eigenvalue weighted by atomic mass is 10.2. The smallest absolute Gasteiger partial charge is 0.279 e. The van der Waals surface area contributed by atoms with Crippen LogP contribution < -0.4 is 4.80 Å². The van der Waals surface area contributed by atoms with Gasteiger partial charge in [0.05, 0.1) is 16.8 Å². The van der Waals surface area contributed by atoms with Gasteiger partial charge >= 0.3 is 0 Å². The van der Waals surface area contributed by atoms with Gasteiger partial charge in [0, 0.05) is 15.7 Å². The highest BCUT2D eigenvalue weighted by Crippen LogP contribution is 2.23. The van der Waals surface area contributed by atoms with Crippen molar-refractivity contribution in [1.82, 2.24) is 4.57 Å². The van der Waals surface area contributed by atoms with Crippen LogP contribution in [0.1, 0.15) is 24.2 Å². The molecule has 3 rings (SSSR count). The average Bonchev–Trinajstić information content (AvgIpc) is 2.94. The van der Waals surface area contributed by atoms with Crippen LogP contribution in [0, 0.1) is 18.2 Å². The van der Waals surface area contributed by atoms with Gasteiger partial charge in [0.2, 0.25) is 0 Å². The summed E-state index contributed by atoms with van der Waals surface area (Å²) in [5, 5.41) is 0.470. The van der Waals surface area contributed by atoms with E-state index in [2.05, 4.69) is 24.8 Å². The van der Waals surface area contributed by atoms with Crippen LogP contribution in [0.5, 0.6) is 0 Å². The fourth-order valence-corrected chi connectivity index (χ4v) is 4.39. The summed E-state index contributed by atoms with van der Waals surface area (Å²) in [5.74, 6) is 1.75. The van der Waals surface area contributed by atoms with E-state index >= 15 is 0 Å². The lowest BCUT2D eigenvalue weighted by Crippen LogP contribution is -2.17. The van der Waals surface area contributed by atoms with Crippen molar-refractivity contribution in [2.45, 2.75) is 30.5 Å². The number of fused-ring (bicyclic) bond motifs is 1. The van der Waals surface area contributed by atoms with Crippen LogP contribution in [0.2, 0.25) is 0 Å². The van der Waals surface area contributed by atoms with Crippen molar-refractivity contribution >= 4 is 39.2 Å². The van der Waals surface area contributed by atoms with Crippen molar-refractivity contribution in [3.63, 3.8) is 0 Å². The molecule has 0 bridgehead atoms. The third-order valence-corrected chi connectivity index (χ3v) is 5.63. The van der Waals surface area contributed by atoms with Crippen LogP contribution in [0.3, 0.4) is 0 Å². The van der Waals surface area contributed by atoms with E-state index in [-0.39, 0.29) is 18.3 Å². The normalized spacial score (nSPS) is 11.9. The van der Waals surface area contributed by atoms with Gasteiger partial charge < -0.3 is 4.57 Å². The molecular formula is C20H17FN2OS2. The highest BCUT2D eigenvalue weighted by Gasteiger charge is 2.12. The molecule has 26 heavy (non-hydrogen) atoms. The number of halogens is 1. The van der Waals surface area contributed by atoms with E-state index in [0.717, 1.165) is 4.90 Å². The molecule has 1 amide bonds. The number of carbonyl (C=O) groups excluding carboxylic acids is 1. The maximum Gasteiger partial charge on any atom is 0.279 e. The van der Waals surface area contributed by atoms with Gasteiger partial charge in [-0.3, -0.25) is 4.79 Å². The minimum Gasteiger partial charge on any atom is -0.302 e. The third kappa shape index (κ3) is 3.90. The molecule has 0 aliphatic heterocycles. The van der Waals surface area contributed by atoms with Gasteiger partial charge in [-0.1, -0.05) is 37.2 Å². The van der Waals surface area contributed by atoms with E-state index in [0.29, 0.717) is 25.8 Å². The number of terminal acetylenes is 1. The van der Waals surface area contributed by atoms with E-state index in [4.69, 9.17) is 6.42 Å². The molecule has 0 spiro atoms. The summed E-state index contributed by atoms with van der Waals surface area (Å²) in [6.07, 6.45) is 5.41. The van der Waals surface area contributed by atoms with Gasteiger partial charge in [-0.25, -0.2) is 4.39 Å². The molecule has 0 fully saturated rings. The Morgan fingerprint density at radius 2 is 2.04 bits per heavy atom. The molecule has 1 aromatic heterocycles. The second-order valence-corrected chi connectivity index (χ2v) is 8.53. The number of amides is 1. The zero-order valence-electron chi connectivity index (χ0n) is 14.4. The van der Waals surface area contributed by atoms with Crippen molar-refractivity contribution in [3.8, 4) is 12.3 Å². The van der Waals surface area contributed by atoms with Crippen LogP contribution in [-0.2, 0) is 6.54 Å². The number of rotatable bonds is 4. The van der Waals surface area contributed by atoms with E-state index in [1.54, 1.807) is 40.6 Å². The molecule has 0 saturated heterocycles. The van der Waals surface area contributed by atoms with E-state index in [1.807, 2.05) is 12.1 Å². The molecule has 0 radical (unpaired) electrons. The number of aromatic nitrogens is 1. The van der Waals surface area contributed by atoms with Crippen LogP contribution >= 0.6 is 23.1 Å². The largest absolute Gasteiger partial charge is 0.302 e. The number of hydrogen-bond donors (Lipinski definition) is 0. The zero-order valence-corrected chi connectivity index (χ0v) is 16.0. The first-order chi connectivity index (χ1) is 12.5. The van der Waals surface area contributed by atoms with Crippen LogP contribution in [-0.4, -0.2) is 15.7 Å². The third-order valence-electron chi connectivity index (χ3n) is 3.57. The Bertz CT molecular complexity index is 1060. The Morgan fingerprint density at radius 3 is 2.69 bits per heavy atom. The van der Waals surface area contributed by atoms with Gasteiger partial charge in [0.25, 0.3) is 5.91 Å². The minimum absolute atomic E-state index is 0.150. The molecule has 3 aromatic rings. The highest BCUT2D eigenvalue weighted by atomic mass is 32.2. The van der Waals surface area contributed by atoms with Gasteiger partial charge in [-0.05, 0) is 36.4 Å². The maximum atomic E-state index is 14.2. The molecule has 0 saturated carbocycles. The molecule has 0 aliphatic carbocycles. The van der Waals surface area contributed by atoms with E-state index < -0.39 is 0 Å². The second kappa shape index (κ2) is 7.90. The first-order valence-electron chi connectivity index (χ1n) is 8.06. The second-order valence-electron chi connectivity index (χ2n) is 5.87. The Balaban J connectivity index is 2.01. The molecule has 0 N–H and O–H groups in total. The topological polar surface area (TPSA) is 34.4 Å². The molecule has 0 unspecified atom stereocenters. The summed E-state index contributed by atoms with van der Waals surface area (Å²) in [6, 6.07) is 12.1. The molecule has 6 heteroatoms. The first-order valence-corrected chi connectivity index (χ1v) is 9.76. The standard InChI is InChI=1S/C20H17FN2OS2/c1-4-12-23-18-16(21)6-5-7-17(18)26-20(23)22-19(24)14-8-10-15(11-9-14)25-13(2)3/h1,5-11,13H,12H2,2-3H3. The molecule has 132 valence electrons. The zero-order chi connectivity index (χ0) is 18.7. The lowest BCUT2D eigenvalue weighted by Gasteiger charge is -2.04. The SMILES string of the molecule is C#CCn1c(=NC(=O)c2ccc(SC(C)C)cc2)sc2cccc(F)c21. The van der Waals surface area contributed by atoms with Gasteiger partial charge in [-0.15, -0.1) is 18.2 Å². The molecule has 1 heterocycles. The highest BCUT2D eigenvalue weighted by molar-refractivity contribution is 7.99. The molecule has 3 nitrogen and oxygen atoms in total. The van der Waals surface area contributed by atoms with Gasteiger partial charge in [-0.2, -0.15) is 4.99 Å². The monoisotopic (exact) mass is 384 g/mol. The van der Waals surface area contributed by atoms with E-state index in [1.165, 1.54) is 17.4 Å². The molecule has 0 atom stereocenters. The number of hydrogen-bond acceptors (Lipinski definition) is 3. The number of thiazole rings is 1. The number of thioether (sulfide) groups is 1. The Labute approximate surface area is 159 Å². The summed E-state index contributed by atoms with van der Waals surface area (Å²) in [6.45, 7) is 4.38.